The van der Waals surface area contributed by atoms with E-state index in [2.05, 4.69) is 65.2 Å². The Morgan fingerprint density at radius 3 is 2.46 bits per heavy atom. The molecule has 0 unspecified atom stereocenters. The predicted molar refractivity (Wildman–Crippen MR) is 99.4 cm³/mol. The number of piperazine rings is 1. The molecule has 3 heterocycles. The molecule has 1 aliphatic heterocycles. The molecular weight excluding hydrogens is 296 g/mol. The fourth-order valence-electron chi connectivity index (χ4n) is 3.19. The van der Waals surface area contributed by atoms with Crippen molar-refractivity contribution in [3.8, 4) is 11.3 Å². The molecule has 0 N–H and O–H groups in total. The molecule has 1 saturated heterocycles. The summed E-state index contributed by atoms with van der Waals surface area (Å²) < 4.78 is 0. The van der Waals surface area contributed by atoms with Gasteiger partial charge in [-0.3, -0.25) is 4.98 Å². The summed E-state index contributed by atoms with van der Waals surface area (Å²) in [5.74, 6) is 1.06. The van der Waals surface area contributed by atoms with E-state index in [9.17, 15) is 0 Å². The van der Waals surface area contributed by atoms with Gasteiger partial charge in [-0.2, -0.15) is 0 Å². The molecule has 0 amide bonds. The molecule has 1 aliphatic rings. The van der Waals surface area contributed by atoms with E-state index in [0.717, 1.165) is 54.2 Å². The molecule has 24 heavy (non-hydrogen) atoms. The van der Waals surface area contributed by atoms with Crippen LogP contribution in [0.2, 0.25) is 0 Å². The summed E-state index contributed by atoms with van der Waals surface area (Å²) in [5.41, 5.74) is 4.41. The highest BCUT2D eigenvalue weighted by molar-refractivity contribution is 5.92. The first-order valence-corrected chi connectivity index (χ1v) is 8.47. The van der Waals surface area contributed by atoms with E-state index in [0.29, 0.717) is 0 Å². The van der Waals surface area contributed by atoms with Crippen molar-refractivity contribution in [3.05, 3.63) is 54.2 Å². The standard InChI is InChI=1S/C20H22N4/c1-15-5-7-16(8-6-15)18-14-19-17(4-3-9-21-19)20(22-18)24-12-10-23(2)11-13-24/h3-9,14H,10-13H2,1-2H3. The maximum absolute atomic E-state index is 5.02. The Kier molecular flexibility index (Phi) is 3.90. The Hall–Kier alpha value is -2.46. The van der Waals surface area contributed by atoms with Gasteiger partial charge in [0, 0.05) is 43.3 Å². The molecule has 1 aromatic carbocycles. The van der Waals surface area contributed by atoms with Crippen LogP contribution in [-0.4, -0.2) is 48.1 Å². The minimum Gasteiger partial charge on any atom is -0.353 e. The van der Waals surface area contributed by atoms with Crippen LogP contribution in [-0.2, 0) is 0 Å². The van der Waals surface area contributed by atoms with E-state index in [1.165, 1.54) is 5.56 Å². The van der Waals surface area contributed by atoms with Gasteiger partial charge in [0.2, 0.25) is 0 Å². The fourth-order valence-corrected chi connectivity index (χ4v) is 3.19. The number of hydrogen-bond donors (Lipinski definition) is 0. The topological polar surface area (TPSA) is 32.3 Å². The van der Waals surface area contributed by atoms with Crippen LogP contribution < -0.4 is 4.90 Å². The summed E-state index contributed by atoms with van der Waals surface area (Å²) in [6.45, 7) is 6.25. The smallest absolute Gasteiger partial charge is 0.138 e. The molecule has 2 aromatic heterocycles. The SMILES string of the molecule is Cc1ccc(-c2cc3ncccc3c(N3CCN(C)CC3)n2)cc1. The molecule has 0 aliphatic carbocycles. The third kappa shape index (κ3) is 2.85. The number of hydrogen-bond acceptors (Lipinski definition) is 4. The Morgan fingerprint density at radius 1 is 0.958 bits per heavy atom. The van der Waals surface area contributed by atoms with Crippen LogP contribution >= 0.6 is 0 Å². The molecule has 122 valence electrons. The second-order valence-electron chi connectivity index (χ2n) is 6.56. The van der Waals surface area contributed by atoms with Crippen LogP contribution in [0.5, 0.6) is 0 Å². The van der Waals surface area contributed by atoms with Crippen LogP contribution in [0.4, 0.5) is 5.82 Å². The van der Waals surface area contributed by atoms with Crippen LogP contribution in [0, 0.1) is 6.92 Å². The molecule has 4 nitrogen and oxygen atoms in total. The second kappa shape index (κ2) is 6.21. The molecule has 0 spiro atoms. The Bertz CT molecular complexity index is 849. The zero-order chi connectivity index (χ0) is 16.5. The molecule has 0 saturated carbocycles. The van der Waals surface area contributed by atoms with Gasteiger partial charge in [0.1, 0.15) is 5.82 Å². The first kappa shape index (κ1) is 15.1. The molecule has 1 fully saturated rings. The van der Waals surface area contributed by atoms with E-state index in [-0.39, 0.29) is 0 Å². The third-order valence-corrected chi connectivity index (χ3v) is 4.73. The molecule has 4 rings (SSSR count). The number of pyridine rings is 2. The number of anilines is 1. The van der Waals surface area contributed by atoms with Crippen LogP contribution in [0.1, 0.15) is 5.56 Å². The van der Waals surface area contributed by atoms with Crippen molar-refractivity contribution in [1.29, 1.82) is 0 Å². The third-order valence-electron chi connectivity index (χ3n) is 4.73. The van der Waals surface area contributed by atoms with Crippen molar-refractivity contribution in [2.75, 3.05) is 38.1 Å². The summed E-state index contributed by atoms with van der Waals surface area (Å²) in [5, 5.41) is 1.14. The van der Waals surface area contributed by atoms with Gasteiger partial charge in [0.05, 0.1) is 11.2 Å². The summed E-state index contributed by atoms with van der Waals surface area (Å²) in [6.07, 6.45) is 1.86. The van der Waals surface area contributed by atoms with E-state index in [1.807, 2.05) is 12.3 Å². The second-order valence-corrected chi connectivity index (χ2v) is 6.56. The summed E-state index contributed by atoms with van der Waals surface area (Å²) in [7, 11) is 2.17. The summed E-state index contributed by atoms with van der Waals surface area (Å²) >= 11 is 0. The fraction of sp³-hybridized carbons (Fsp3) is 0.300. The average molecular weight is 318 g/mol. The number of likely N-dealkylation sites (N-methyl/N-ethyl adjacent to an activating group) is 1. The first-order valence-electron chi connectivity index (χ1n) is 8.47. The lowest BCUT2D eigenvalue weighted by molar-refractivity contribution is 0.312. The lowest BCUT2D eigenvalue weighted by Crippen LogP contribution is -2.44. The van der Waals surface area contributed by atoms with Crippen molar-refractivity contribution in [1.82, 2.24) is 14.9 Å². The Morgan fingerprint density at radius 2 is 1.71 bits per heavy atom. The summed E-state index contributed by atoms with van der Waals surface area (Å²) in [6, 6.07) is 14.8. The number of nitrogens with zero attached hydrogens (tertiary/aromatic N) is 4. The Labute approximate surface area is 142 Å². The maximum atomic E-state index is 5.02. The summed E-state index contributed by atoms with van der Waals surface area (Å²) in [4.78, 5) is 14.3. The molecule has 0 bridgehead atoms. The van der Waals surface area contributed by atoms with Crippen molar-refractivity contribution < 1.29 is 0 Å². The van der Waals surface area contributed by atoms with Gasteiger partial charge in [-0.1, -0.05) is 29.8 Å². The van der Waals surface area contributed by atoms with Gasteiger partial charge in [-0.25, -0.2) is 4.98 Å². The van der Waals surface area contributed by atoms with Gasteiger partial charge in [0.15, 0.2) is 0 Å². The van der Waals surface area contributed by atoms with Gasteiger partial charge in [-0.05, 0) is 32.2 Å². The van der Waals surface area contributed by atoms with Crippen molar-refractivity contribution in [2.24, 2.45) is 0 Å². The normalized spacial score (nSPS) is 15.8. The van der Waals surface area contributed by atoms with Gasteiger partial charge in [-0.15, -0.1) is 0 Å². The number of aromatic nitrogens is 2. The van der Waals surface area contributed by atoms with Crippen molar-refractivity contribution in [2.45, 2.75) is 6.92 Å². The van der Waals surface area contributed by atoms with Crippen LogP contribution in [0.25, 0.3) is 22.2 Å². The van der Waals surface area contributed by atoms with Crippen LogP contribution in [0.3, 0.4) is 0 Å². The molecule has 0 radical (unpaired) electrons. The highest BCUT2D eigenvalue weighted by Gasteiger charge is 2.19. The zero-order valence-electron chi connectivity index (χ0n) is 14.2. The molecule has 0 atom stereocenters. The minimum absolute atomic E-state index is 0.995. The van der Waals surface area contributed by atoms with E-state index < -0.39 is 0 Å². The number of rotatable bonds is 2. The lowest BCUT2D eigenvalue weighted by atomic mass is 10.1. The van der Waals surface area contributed by atoms with Gasteiger partial charge >= 0.3 is 0 Å². The van der Waals surface area contributed by atoms with Crippen molar-refractivity contribution in [3.63, 3.8) is 0 Å². The van der Waals surface area contributed by atoms with E-state index in [1.54, 1.807) is 0 Å². The van der Waals surface area contributed by atoms with E-state index >= 15 is 0 Å². The quantitative estimate of drug-likeness (QED) is 0.725. The number of fused-ring (bicyclic) bond motifs is 1. The minimum atomic E-state index is 0.995. The number of aryl methyl sites for hydroxylation is 1. The molecule has 3 aromatic rings. The van der Waals surface area contributed by atoms with Crippen LogP contribution in [0.15, 0.2) is 48.7 Å². The van der Waals surface area contributed by atoms with Gasteiger partial charge in [0.25, 0.3) is 0 Å². The van der Waals surface area contributed by atoms with E-state index in [4.69, 9.17) is 4.98 Å². The largest absolute Gasteiger partial charge is 0.353 e. The molecule has 4 heteroatoms. The zero-order valence-corrected chi connectivity index (χ0v) is 14.2. The van der Waals surface area contributed by atoms with Crippen molar-refractivity contribution >= 4 is 16.7 Å². The average Bonchev–Trinajstić information content (AvgIpc) is 2.62. The maximum Gasteiger partial charge on any atom is 0.138 e. The monoisotopic (exact) mass is 318 g/mol. The Balaban J connectivity index is 1.83. The predicted octanol–water partition coefficient (Wildman–Crippen LogP) is 3.36. The lowest BCUT2D eigenvalue weighted by Gasteiger charge is -2.34. The first-order chi connectivity index (χ1) is 11.7. The molecular formula is C20H22N4. The highest BCUT2D eigenvalue weighted by Crippen LogP contribution is 2.29. The highest BCUT2D eigenvalue weighted by atomic mass is 15.3. The van der Waals surface area contributed by atoms with Gasteiger partial charge < -0.3 is 9.80 Å². The number of benzene rings is 1.